The van der Waals surface area contributed by atoms with Crippen LogP contribution in [0.5, 0.6) is 0 Å². The summed E-state index contributed by atoms with van der Waals surface area (Å²) in [6, 6.07) is 2.10. The van der Waals surface area contributed by atoms with Crippen LogP contribution in [0.25, 0.3) is 6.08 Å². The van der Waals surface area contributed by atoms with Gasteiger partial charge in [-0.05, 0) is 25.5 Å². The van der Waals surface area contributed by atoms with Crippen LogP contribution >= 0.6 is 11.3 Å². The predicted octanol–water partition coefficient (Wildman–Crippen LogP) is 1.04. The van der Waals surface area contributed by atoms with Gasteiger partial charge in [-0.25, -0.2) is 10.1 Å². The SMILES string of the molecule is CCCN(OCC)C(=O)C1=Cc2sc(CN3CCN(CCOCCOCCOCCOCCOCCOCCOCCOCCOCCOCCNC(=O)CN4C(=O)C=CC4=O)CC3)cc2N=C(N)C1. The summed E-state index contributed by atoms with van der Waals surface area (Å²) < 4.78 is 55.4. The monoisotopic (exact) mass is 1010 g/mol. The molecule has 1 saturated heterocycles. The maximum absolute atomic E-state index is 13.2. The lowest BCUT2D eigenvalue weighted by Gasteiger charge is -2.34. The fourth-order valence-corrected chi connectivity index (χ4v) is 8.02. The zero-order valence-electron chi connectivity index (χ0n) is 41.3. The molecule has 4 rings (SSSR count). The number of fused-ring (bicyclic) bond motifs is 1. The van der Waals surface area contributed by atoms with Crippen LogP contribution in [0.3, 0.4) is 0 Å². The number of rotatable bonds is 42. The van der Waals surface area contributed by atoms with Crippen LogP contribution in [0.2, 0.25) is 0 Å². The molecule has 0 aromatic carbocycles. The second-order valence-electron chi connectivity index (χ2n) is 15.9. The number of ether oxygens (including phenoxy) is 10. The van der Waals surface area contributed by atoms with Crippen molar-refractivity contribution < 1.29 is 71.4 Å². The molecule has 3 aliphatic rings. The zero-order chi connectivity index (χ0) is 49.9. The molecule has 396 valence electrons. The first-order valence-electron chi connectivity index (χ1n) is 24.4. The van der Waals surface area contributed by atoms with Gasteiger partial charge in [0, 0.05) is 81.4 Å². The summed E-state index contributed by atoms with van der Waals surface area (Å²) in [4.78, 5) is 66.1. The third-order valence-electron chi connectivity index (χ3n) is 10.5. The molecule has 0 radical (unpaired) electrons. The van der Waals surface area contributed by atoms with Crippen LogP contribution in [0.15, 0.2) is 28.8 Å². The first-order valence-corrected chi connectivity index (χ1v) is 25.2. The number of nitrogens with one attached hydrogen (secondary N) is 1. The Labute approximate surface area is 416 Å². The van der Waals surface area contributed by atoms with Crippen molar-refractivity contribution in [1.29, 1.82) is 0 Å². The van der Waals surface area contributed by atoms with E-state index in [2.05, 4.69) is 26.2 Å². The van der Waals surface area contributed by atoms with Crippen LogP contribution in [-0.2, 0) is 77.9 Å². The minimum Gasteiger partial charge on any atom is -0.387 e. The Kier molecular flexibility index (Phi) is 31.1. The molecule has 1 fully saturated rings. The van der Waals surface area contributed by atoms with E-state index in [4.69, 9.17) is 57.9 Å². The number of amidine groups is 1. The third kappa shape index (κ3) is 25.0. The van der Waals surface area contributed by atoms with E-state index in [-0.39, 0.29) is 25.6 Å². The van der Waals surface area contributed by atoms with Gasteiger partial charge in [0.1, 0.15) is 12.4 Å². The summed E-state index contributed by atoms with van der Waals surface area (Å²) in [6.07, 6.45) is 5.31. The number of imide groups is 1. The predicted molar refractivity (Wildman–Crippen MR) is 261 cm³/mol. The fourth-order valence-electron chi connectivity index (χ4n) is 6.91. The van der Waals surface area contributed by atoms with Gasteiger partial charge in [-0.3, -0.25) is 38.7 Å². The van der Waals surface area contributed by atoms with Crippen molar-refractivity contribution in [1.82, 2.24) is 25.1 Å². The lowest BCUT2D eigenvalue weighted by Crippen LogP contribution is -2.46. The van der Waals surface area contributed by atoms with Crippen molar-refractivity contribution >= 4 is 52.6 Å². The number of hydrogen-bond donors (Lipinski definition) is 2. The van der Waals surface area contributed by atoms with Gasteiger partial charge in [-0.1, -0.05) is 6.92 Å². The molecule has 70 heavy (non-hydrogen) atoms. The molecule has 0 atom stereocenters. The number of aliphatic imine (C=N–C) groups is 1. The van der Waals surface area contributed by atoms with E-state index in [9.17, 15) is 19.2 Å². The van der Waals surface area contributed by atoms with Crippen LogP contribution in [-0.4, -0.2) is 240 Å². The summed E-state index contributed by atoms with van der Waals surface area (Å²) in [5.74, 6) is -1.14. The molecule has 23 heteroatoms. The van der Waals surface area contributed by atoms with Crippen molar-refractivity contribution in [2.24, 2.45) is 10.7 Å². The lowest BCUT2D eigenvalue weighted by atomic mass is 10.1. The highest BCUT2D eigenvalue weighted by molar-refractivity contribution is 7.13. The van der Waals surface area contributed by atoms with Gasteiger partial charge >= 0.3 is 0 Å². The first-order chi connectivity index (χ1) is 34.3. The maximum atomic E-state index is 13.2. The third-order valence-corrected chi connectivity index (χ3v) is 11.5. The summed E-state index contributed by atoms with van der Waals surface area (Å²) >= 11 is 1.67. The Balaban J connectivity index is 0.819. The minimum atomic E-state index is -0.494. The zero-order valence-corrected chi connectivity index (χ0v) is 42.1. The molecule has 4 amide bonds. The fraction of sp³-hybridized carbons (Fsp3) is 0.723. The summed E-state index contributed by atoms with van der Waals surface area (Å²) in [5.41, 5.74) is 7.66. The topological polar surface area (TPSA) is 233 Å². The highest BCUT2D eigenvalue weighted by Gasteiger charge is 2.26. The standard InChI is InChI=1S/C47H77N7O15S/c1-3-8-54(69-4-2)47(58)39-34-42-41(50-43(48)35-39)36-40(70-42)37-52-11-9-51(10-12-52)13-15-60-17-19-62-21-23-64-25-27-66-29-31-68-33-32-67-30-28-65-26-24-63-22-20-61-18-16-59-14-7-49-44(55)38-53-45(56)5-6-46(53)57/h5-6,34,36H,3-4,7-33,35,37-38H2,1-2H3,(H2,48,50)(H,49,55). The Morgan fingerprint density at radius 1 is 0.671 bits per heavy atom. The molecule has 0 aliphatic carbocycles. The number of thiophene rings is 1. The Hall–Kier alpha value is -3.79. The molecule has 1 aromatic rings. The second kappa shape index (κ2) is 37.0. The van der Waals surface area contributed by atoms with E-state index in [1.165, 1.54) is 9.94 Å². The Bertz CT molecular complexity index is 1720. The van der Waals surface area contributed by atoms with Crippen LogP contribution in [0.1, 0.15) is 36.4 Å². The van der Waals surface area contributed by atoms with Gasteiger partial charge in [0.15, 0.2) is 0 Å². The Morgan fingerprint density at radius 2 is 1.13 bits per heavy atom. The highest BCUT2D eigenvalue weighted by atomic mass is 32.1. The quantitative estimate of drug-likeness (QED) is 0.0529. The van der Waals surface area contributed by atoms with Crippen LogP contribution < -0.4 is 11.1 Å². The number of nitrogens with zero attached hydrogens (tertiary/aromatic N) is 5. The molecule has 3 N–H and O–H groups in total. The van der Waals surface area contributed by atoms with Crippen molar-refractivity contribution in [2.45, 2.75) is 33.2 Å². The summed E-state index contributed by atoms with van der Waals surface area (Å²) in [7, 11) is 0. The second-order valence-corrected chi connectivity index (χ2v) is 17.1. The van der Waals surface area contributed by atoms with Gasteiger partial charge in [0.25, 0.3) is 17.7 Å². The molecular weight excluding hydrogens is 935 g/mol. The molecule has 0 bridgehead atoms. The van der Waals surface area contributed by atoms with Crippen molar-refractivity contribution in [3.05, 3.63) is 33.5 Å². The summed E-state index contributed by atoms with van der Waals surface area (Å²) in [6.45, 7) is 19.7. The van der Waals surface area contributed by atoms with E-state index in [1.807, 2.05) is 19.9 Å². The van der Waals surface area contributed by atoms with Crippen molar-refractivity contribution in [3.8, 4) is 0 Å². The highest BCUT2D eigenvalue weighted by Crippen LogP contribution is 2.35. The molecule has 1 aromatic heterocycles. The van der Waals surface area contributed by atoms with E-state index in [1.54, 1.807) is 11.3 Å². The molecule has 4 heterocycles. The van der Waals surface area contributed by atoms with Gasteiger partial charge in [0.2, 0.25) is 5.91 Å². The van der Waals surface area contributed by atoms with E-state index in [0.29, 0.717) is 157 Å². The normalized spacial score (nSPS) is 15.4. The molecule has 0 unspecified atom stereocenters. The van der Waals surface area contributed by atoms with Gasteiger partial charge in [-0.15, -0.1) is 11.3 Å². The van der Waals surface area contributed by atoms with Crippen LogP contribution in [0.4, 0.5) is 5.69 Å². The van der Waals surface area contributed by atoms with Crippen molar-refractivity contribution in [3.63, 3.8) is 0 Å². The molecule has 0 spiro atoms. The Morgan fingerprint density at radius 3 is 1.60 bits per heavy atom. The summed E-state index contributed by atoms with van der Waals surface area (Å²) in [5, 5.41) is 4.03. The van der Waals surface area contributed by atoms with Gasteiger partial charge in [0.05, 0.1) is 149 Å². The van der Waals surface area contributed by atoms with E-state index < -0.39 is 17.7 Å². The molecular formula is C47H77N7O15S. The van der Waals surface area contributed by atoms with E-state index in [0.717, 1.165) is 73.3 Å². The number of amides is 4. The number of nitrogens with two attached hydrogens (primary N) is 1. The van der Waals surface area contributed by atoms with Crippen molar-refractivity contribution in [2.75, 3.05) is 191 Å². The van der Waals surface area contributed by atoms with Gasteiger partial charge < -0.3 is 58.4 Å². The number of hydroxylamine groups is 2. The van der Waals surface area contributed by atoms with E-state index >= 15 is 0 Å². The lowest BCUT2D eigenvalue weighted by molar-refractivity contribution is -0.180. The average molecular weight is 1010 g/mol. The largest absolute Gasteiger partial charge is 0.387 e. The molecule has 0 saturated carbocycles. The number of hydrogen-bond acceptors (Lipinski definition) is 20. The number of carbonyl (C=O) groups excluding carboxylic acids is 4. The maximum Gasteiger partial charge on any atom is 0.273 e. The molecule has 22 nitrogen and oxygen atoms in total. The average Bonchev–Trinajstić information content (AvgIpc) is 3.82. The van der Waals surface area contributed by atoms with Gasteiger partial charge in [-0.2, -0.15) is 0 Å². The number of piperazine rings is 1. The molecule has 3 aliphatic heterocycles. The van der Waals surface area contributed by atoms with Crippen LogP contribution in [0, 0.1) is 0 Å². The minimum absolute atomic E-state index is 0.154. The number of carbonyl (C=O) groups is 4. The first kappa shape index (κ1) is 58.8. The smallest absolute Gasteiger partial charge is 0.273 e.